The van der Waals surface area contributed by atoms with Gasteiger partial charge in [-0.05, 0) is 58.7 Å². The van der Waals surface area contributed by atoms with Gasteiger partial charge in [0.25, 0.3) is 5.91 Å². The summed E-state index contributed by atoms with van der Waals surface area (Å²) in [6.45, 7) is 13.7. The summed E-state index contributed by atoms with van der Waals surface area (Å²) in [5, 5.41) is -0.601. The van der Waals surface area contributed by atoms with Gasteiger partial charge in [-0.1, -0.05) is 36.8 Å². The topological polar surface area (TPSA) is 63.2 Å². The second kappa shape index (κ2) is 10.5. The van der Waals surface area contributed by atoms with E-state index < -0.39 is 32.9 Å². The van der Waals surface area contributed by atoms with Gasteiger partial charge in [0.1, 0.15) is 0 Å². The number of hydrogen-bond donors (Lipinski definition) is 1. The molecule has 1 aromatic carbocycles. The van der Waals surface area contributed by atoms with Gasteiger partial charge in [-0.15, -0.1) is 0 Å². The number of benzene rings is 1. The standard InChI is InChI=1S/C10H9F3.C10H19NO3S/c1-7(2)8-4-3-5-9(6-8)10(11,12)13;1-6-8(4)9(5)10(12)11-15(13,14)7(2)3/h3-6H,1H2,2H3;7H,6H2,1-5H3,(H,11,12)/b;9-8-. The molecule has 0 aliphatic carbocycles. The highest BCUT2D eigenvalue weighted by molar-refractivity contribution is 7.90. The van der Waals surface area contributed by atoms with Gasteiger partial charge in [-0.2, -0.15) is 13.2 Å². The summed E-state index contributed by atoms with van der Waals surface area (Å²) in [5.74, 6) is -0.525. The summed E-state index contributed by atoms with van der Waals surface area (Å²) in [6.07, 6.45) is -3.54. The molecule has 4 nitrogen and oxygen atoms in total. The maximum Gasteiger partial charge on any atom is 0.416 e. The number of carbonyl (C=O) groups excluding carboxylic acids is 1. The Kier molecular flexibility index (Phi) is 9.67. The zero-order chi connectivity index (χ0) is 22.3. The van der Waals surface area contributed by atoms with E-state index in [2.05, 4.69) is 6.58 Å². The molecule has 8 heteroatoms. The summed E-state index contributed by atoms with van der Waals surface area (Å²) in [5.41, 5.74) is 1.89. The smallest absolute Gasteiger partial charge is 0.269 e. The Morgan fingerprint density at radius 2 is 1.71 bits per heavy atom. The van der Waals surface area contributed by atoms with E-state index >= 15 is 0 Å². The highest BCUT2D eigenvalue weighted by atomic mass is 32.2. The first-order valence-electron chi connectivity index (χ1n) is 8.68. The van der Waals surface area contributed by atoms with Crippen LogP contribution in [0.5, 0.6) is 0 Å². The molecule has 1 amide bonds. The van der Waals surface area contributed by atoms with Crippen molar-refractivity contribution in [2.75, 3.05) is 0 Å². The van der Waals surface area contributed by atoms with E-state index in [1.807, 2.05) is 18.6 Å². The molecular formula is C20H28F3NO3S. The van der Waals surface area contributed by atoms with E-state index in [1.54, 1.807) is 19.9 Å². The van der Waals surface area contributed by atoms with E-state index in [1.165, 1.54) is 19.9 Å². The predicted molar refractivity (Wildman–Crippen MR) is 107 cm³/mol. The maximum atomic E-state index is 12.2. The SMILES string of the molecule is C=C(C)c1cccc(C(F)(F)F)c1.CC/C(C)=C(/C)C(=O)NS(=O)(=O)C(C)C. The Morgan fingerprint density at radius 3 is 2.11 bits per heavy atom. The maximum absolute atomic E-state index is 12.2. The molecular weight excluding hydrogens is 391 g/mol. The second-order valence-electron chi connectivity index (χ2n) is 6.64. The number of carbonyl (C=O) groups is 1. The minimum atomic E-state index is -4.27. The van der Waals surface area contributed by atoms with Crippen molar-refractivity contribution >= 4 is 21.5 Å². The zero-order valence-corrected chi connectivity index (χ0v) is 17.9. The van der Waals surface area contributed by atoms with Gasteiger partial charge in [0.15, 0.2) is 0 Å². The number of alkyl halides is 3. The molecule has 0 radical (unpaired) electrons. The number of hydrogen-bond acceptors (Lipinski definition) is 3. The Labute approximate surface area is 165 Å². The van der Waals surface area contributed by atoms with Crippen LogP contribution in [0.4, 0.5) is 13.2 Å². The first kappa shape index (κ1) is 25.9. The van der Waals surface area contributed by atoms with Gasteiger partial charge >= 0.3 is 6.18 Å². The average molecular weight is 420 g/mol. The van der Waals surface area contributed by atoms with Crippen molar-refractivity contribution in [1.29, 1.82) is 0 Å². The van der Waals surface area contributed by atoms with Crippen molar-refractivity contribution in [1.82, 2.24) is 4.72 Å². The van der Waals surface area contributed by atoms with Crippen LogP contribution >= 0.6 is 0 Å². The molecule has 0 aliphatic rings. The third-order valence-electron chi connectivity index (χ3n) is 4.05. The largest absolute Gasteiger partial charge is 0.416 e. The van der Waals surface area contributed by atoms with Gasteiger partial charge in [-0.25, -0.2) is 13.1 Å². The minimum Gasteiger partial charge on any atom is -0.269 e. The lowest BCUT2D eigenvalue weighted by molar-refractivity contribution is -0.137. The fraction of sp³-hybridized carbons (Fsp3) is 0.450. The van der Waals surface area contributed by atoms with Crippen LogP contribution in [-0.4, -0.2) is 19.6 Å². The van der Waals surface area contributed by atoms with Crippen LogP contribution in [0.1, 0.15) is 59.1 Å². The third-order valence-corrected chi connectivity index (χ3v) is 5.76. The lowest BCUT2D eigenvalue weighted by Gasteiger charge is -2.10. The molecule has 0 aromatic heterocycles. The first-order valence-corrected chi connectivity index (χ1v) is 10.2. The molecule has 0 atom stereocenters. The monoisotopic (exact) mass is 419 g/mol. The summed E-state index contributed by atoms with van der Waals surface area (Å²) >= 11 is 0. The van der Waals surface area contributed by atoms with Crippen molar-refractivity contribution in [3.05, 3.63) is 53.1 Å². The molecule has 0 bridgehead atoms. The van der Waals surface area contributed by atoms with Gasteiger partial charge in [0.2, 0.25) is 10.0 Å². The molecule has 158 valence electrons. The van der Waals surface area contributed by atoms with Crippen LogP contribution in [0.3, 0.4) is 0 Å². The van der Waals surface area contributed by atoms with Crippen molar-refractivity contribution in [2.45, 2.75) is 59.4 Å². The van der Waals surface area contributed by atoms with Crippen molar-refractivity contribution in [2.24, 2.45) is 0 Å². The molecule has 0 spiro atoms. The summed E-state index contributed by atoms with van der Waals surface area (Å²) in [6, 6.07) is 5.14. The molecule has 0 unspecified atom stereocenters. The molecule has 1 rings (SSSR count). The van der Waals surface area contributed by atoms with Crippen LogP contribution < -0.4 is 4.72 Å². The van der Waals surface area contributed by atoms with E-state index in [9.17, 15) is 26.4 Å². The molecule has 28 heavy (non-hydrogen) atoms. The number of allylic oxidation sites excluding steroid dienone is 2. The van der Waals surface area contributed by atoms with Crippen molar-refractivity contribution in [3.8, 4) is 0 Å². The van der Waals surface area contributed by atoms with E-state index in [-0.39, 0.29) is 0 Å². The Bertz CT molecular complexity index is 838. The number of rotatable bonds is 5. The molecule has 1 aromatic rings. The van der Waals surface area contributed by atoms with Gasteiger partial charge in [0.05, 0.1) is 10.8 Å². The normalized spacial score (nSPS) is 12.6. The molecule has 0 aliphatic heterocycles. The molecule has 0 fully saturated rings. The van der Waals surface area contributed by atoms with Crippen LogP contribution in [0, 0.1) is 0 Å². The average Bonchev–Trinajstić information content (AvgIpc) is 2.59. The minimum absolute atomic E-state index is 0.474. The Balaban J connectivity index is 0.000000525. The lowest BCUT2D eigenvalue weighted by atomic mass is 10.1. The second-order valence-corrected chi connectivity index (χ2v) is 8.88. The fourth-order valence-corrected chi connectivity index (χ4v) is 2.39. The molecule has 0 heterocycles. The number of sulfonamides is 1. The lowest BCUT2D eigenvalue weighted by Crippen LogP contribution is -2.36. The van der Waals surface area contributed by atoms with Crippen LogP contribution in [0.25, 0.3) is 5.57 Å². The third kappa shape index (κ3) is 8.29. The quantitative estimate of drug-likeness (QED) is 0.657. The van der Waals surface area contributed by atoms with Crippen LogP contribution in [-0.2, 0) is 21.0 Å². The van der Waals surface area contributed by atoms with Crippen molar-refractivity contribution < 1.29 is 26.4 Å². The van der Waals surface area contributed by atoms with Gasteiger partial charge in [0, 0.05) is 5.57 Å². The number of amides is 1. The van der Waals surface area contributed by atoms with Gasteiger partial charge in [-0.3, -0.25) is 4.79 Å². The summed E-state index contributed by atoms with van der Waals surface area (Å²) < 4.78 is 61.5. The summed E-state index contributed by atoms with van der Waals surface area (Å²) in [7, 11) is -3.52. The Hall–Kier alpha value is -2.09. The molecule has 0 saturated carbocycles. The van der Waals surface area contributed by atoms with Crippen molar-refractivity contribution in [3.63, 3.8) is 0 Å². The number of halogens is 3. The Morgan fingerprint density at radius 1 is 1.18 bits per heavy atom. The molecule has 0 saturated heterocycles. The van der Waals surface area contributed by atoms with Gasteiger partial charge < -0.3 is 0 Å². The summed E-state index contributed by atoms with van der Waals surface area (Å²) in [4.78, 5) is 11.5. The van der Waals surface area contributed by atoms with E-state index in [0.29, 0.717) is 16.7 Å². The zero-order valence-electron chi connectivity index (χ0n) is 17.1. The highest BCUT2D eigenvalue weighted by Gasteiger charge is 2.30. The van der Waals surface area contributed by atoms with Crippen LogP contribution in [0.2, 0.25) is 0 Å². The van der Waals surface area contributed by atoms with E-state index in [4.69, 9.17) is 0 Å². The fourth-order valence-electron chi connectivity index (χ4n) is 1.74. The van der Waals surface area contributed by atoms with E-state index in [0.717, 1.165) is 24.1 Å². The highest BCUT2D eigenvalue weighted by Crippen LogP contribution is 2.30. The van der Waals surface area contributed by atoms with Crippen LogP contribution in [0.15, 0.2) is 42.0 Å². The molecule has 1 N–H and O–H groups in total. The number of nitrogens with one attached hydrogen (secondary N) is 1. The predicted octanol–water partition coefficient (Wildman–Crippen LogP) is 5.33. The first-order chi connectivity index (χ1) is 12.6.